The molecule has 0 radical (unpaired) electrons. The molecule has 2 rings (SSSR count). The summed E-state index contributed by atoms with van der Waals surface area (Å²) in [4.78, 5) is 24.3. The Bertz CT molecular complexity index is 415. The van der Waals surface area contributed by atoms with Gasteiger partial charge in [0.15, 0.2) is 0 Å². The van der Waals surface area contributed by atoms with E-state index in [0.717, 1.165) is 12.1 Å². The van der Waals surface area contributed by atoms with Gasteiger partial charge < -0.3 is 5.32 Å². The van der Waals surface area contributed by atoms with Crippen LogP contribution in [0.2, 0.25) is 0 Å². The predicted octanol–water partition coefficient (Wildman–Crippen LogP) is 2.03. The maximum Gasteiger partial charge on any atom is 0.229 e. The van der Waals surface area contributed by atoms with Crippen molar-refractivity contribution in [1.82, 2.24) is 4.90 Å². The molecule has 4 heteroatoms. The molecule has 1 saturated heterocycles. The molecule has 1 aliphatic heterocycles. The first kappa shape index (κ1) is 12.6. The molecule has 0 bridgehead atoms. The number of anilines is 1. The zero-order valence-electron chi connectivity index (χ0n) is 10.6. The van der Waals surface area contributed by atoms with Gasteiger partial charge in [-0.05, 0) is 25.5 Å². The fourth-order valence-electron chi connectivity index (χ4n) is 2.09. The molecule has 0 aliphatic carbocycles. The first-order valence-electron chi connectivity index (χ1n) is 6.31. The van der Waals surface area contributed by atoms with Gasteiger partial charge in [-0.3, -0.25) is 14.5 Å². The summed E-state index contributed by atoms with van der Waals surface area (Å²) in [6, 6.07) is 10.2. The van der Waals surface area contributed by atoms with Crippen molar-refractivity contribution in [2.75, 3.05) is 11.9 Å². The van der Waals surface area contributed by atoms with Gasteiger partial charge in [0.25, 0.3) is 0 Å². The van der Waals surface area contributed by atoms with Crippen LogP contribution in [0.25, 0.3) is 0 Å². The normalized spacial score (nSPS) is 17.1. The number of rotatable bonds is 5. The van der Waals surface area contributed by atoms with Crippen LogP contribution in [-0.4, -0.2) is 29.3 Å². The lowest BCUT2D eigenvalue weighted by Gasteiger charge is -2.19. The summed E-state index contributed by atoms with van der Waals surface area (Å²) in [5.74, 6) is -0.0705. The van der Waals surface area contributed by atoms with Crippen LogP contribution in [0.4, 0.5) is 5.69 Å². The zero-order valence-corrected chi connectivity index (χ0v) is 10.6. The number of nitrogens with zero attached hydrogens (tertiary/aromatic N) is 1. The van der Waals surface area contributed by atoms with E-state index in [2.05, 4.69) is 12.2 Å². The molecule has 4 nitrogen and oxygen atoms in total. The molecule has 1 aromatic rings. The van der Waals surface area contributed by atoms with Crippen LogP contribution in [0.1, 0.15) is 26.2 Å². The Hall–Kier alpha value is -1.84. The number of para-hydroxylation sites is 1. The quantitative estimate of drug-likeness (QED) is 0.809. The van der Waals surface area contributed by atoms with Gasteiger partial charge in [-0.25, -0.2) is 0 Å². The second-order valence-corrected chi connectivity index (χ2v) is 4.64. The molecular formula is C14H18N2O2. The van der Waals surface area contributed by atoms with E-state index >= 15 is 0 Å². The van der Waals surface area contributed by atoms with Crippen molar-refractivity contribution in [3.05, 3.63) is 30.3 Å². The molecule has 1 heterocycles. The molecule has 1 aliphatic rings. The summed E-state index contributed by atoms with van der Waals surface area (Å²) < 4.78 is 0. The summed E-state index contributed by atoms with van der Waals surface area (Å²) in [6.45, 7) is 2.57. The first-order chi connectivity index (χ1) is 8.66. The highest BCUT2D eigenvalue weighted by atomic mass is 16.2. The molecule has 1 aromatic carbocycles. The number of imide groups is 1. The highest BCUT2D eigenvalue weighted by molar-refractivity contribution is 6.01. The van der Waals surface area contributed by atoms with Gasteiger partial charge in [0.2, 0.25) is 11.8 Å². The van der Waals surface area contributed by atoms with Crippen LogP contribution in [0.5, 0.6) is 0 Å². The summed E-state index contributed by atoms with van der Waals surface area (Å²) in [5, 5.41) is 3.35. The van der Waals surface area contributed by atoms with Crippen molar-refractivity contribution < 1.29 is 9.59 Å². The molecule has 18 heavy (non-hydrogen) atoms. The van der Waals surface area contributed by atoms with Crippen molar-refractivity contribution in [3.8, 4) is 0 Å². The lowest BCUT2D eigenvalue weighted by molar-refractivity contribution is -0.138. The Kier molecular flexibility index (Phi) is 3.97. The third-order valence-corrected chi connectivity index (χ3v) is 3.13. The van der Waals surface area contributed by atoms with Crippen LogP contribution in [0.3, 0.4) is 0 Å². The third kappa shape index (κ3) is 3.09. The van der Waals surface area contributed by atoms with Crippen molar-refractivity contribution in [1.29, 1.82) is 0 Å². The van der Waals surface area contributed by atoms with E-state index in [1.165, 1.54) is 4.90 Å². The molecule has 96 valence electrons. The minimum atomic E-state index is -0.0353. The molecule has 2 amide bonds. The van der Waals surface area contributed by atoms with Crippen LogP contribution >= 0.6 is 0 Å². The highest BCUT2D eigenvalue weighted by Gasteiger charge is 2.28. The second-order valence-electron chi connectivity index (χ2n) is 4.64. The Morgan fingerprint density at radius 3 is 2.39 bits per heavy atom. The maximum absolute atomic E-state index is 11.4. The van der Waals surface area contributed by atoms with Gasteiger partial charge in [0.05, 0.1) is 0 Å². The van der Waals surface area contributed by atoms with E-state index in [4.69, 9.17) is 0 Å². The SMILES string of the molecule is CC(CCN1C(=O)CCC1=O)Nc1ccccc1. The van der Waals surface area contributed by atoms with Gasteiger partial charge >= 0.3 is 0 Å². The number of hydrogen-bond acceptors (Lipinski definition) is 3. The maximum atomic E-state index is 11.4. The number of benzene rings is 1. The zero-order chi connectivity index (χ0) is 13.0. The second kappa shape index (κ2) is 5.67. The average molecular weight is 246 g/mol. The molecule has 0 saturated carbocycles. The number of hydrogen-bond donors (Lipinski definition) is 1. The summed E-state index contributed by atoms with van der Waals surface area (Å²) in [5.41, 5.74) is 1.06. The number of likely N-dealkylation sites (tertiary alicyclic amines) is 1. The monoisotopic (exact) mass is 246 g/mol. The van der Waals surface area contributed by atoms with E-state index in [1.54, 1.807) is 0 Å². The van der Waals surface area contributed by atoms with Crippen LogP contribution in [-0.2, 0) is 9.59 Å². The van der Waals surface area contributed by atoms with Crippen molar-refractivity contribution in [3.63, 3.8) is 0 Å². The average Bonchev–Trinajstić information content (AvgIpc) is 2.68. The van der Waals surface area contributed by atoms with Gasteiger partial charge in [-0.2, -0.15) is 0 Å². The Morgan fingerprint density at radius 1 is 1.17 bits per heavy atom. The van der Waals surface area contributed by atoms with Crippen LogP contribution in [0.15, 0.2) is 30.3 Å². The Balaban J connectivity index is 1.80. The number of carbonyl (C=O) groups is 2. The Labute approximate surface area is 107 Å². The summed E-state index contributed by atoms with van der Waals surface area (Å²) >= 11 is 0. The molecule has 0 aromatic heterocycles. The number of nitrogens with one attached hydrogen (secondary N) is 1. The molecule has 1 fully saturated rings. The lowest BCUT2D eigenvalue weighted by Crippen LogP contribution is -2.32. The lowest BCUT2D eigenvalue weighted by atomic mass is 10.2. The van der Waals surface area contributed by atoms with Gasteiger partial charge in [-0.1, -0.05) is 18.2 Å². The smallest absolute Gasteiger partial charge is 0.229 e. The Morgan fingerprint density at radius 2 is 1.78 bits per heavy atom. The van der Waals surface area contributed by atoms with E-state index in [1.807, 2.05) is 30.3 Å². The molecule has 0 spiro atoms. The molecule has 1 N–H and O–H groups in total. The number of carbonyl (C=O) groups excluding carboxylic acids is 2. The van der Waals surface area contributed by atoms with Crippen LogP contribution in [0, 0.1) is 0 Å². The van der Waals surface area contributed by atoms with E-state index in [-0.39, 0.29) is 17.9 Å². The fraction of sp³-hybridized carbons (Fsp3) is 0.429. The van der Waals surface area contributed by atoms with Gasteiger partial charge in [-0.15, -0.1) is 0 Å². The third-order valence-electron chi connectivity index (χ3n) is 3.13. The van der Waals surface area contributed by atoms with Crippen molar-refractivity contribution >= 4 is 17.5 Å². The first-order valence-corrected chi connectivity index (χ1v) is 6.31. The largest absolute Gasteiger partial charge is 0.383 e. The topological polar surface area (TPSA) is 49.4 Å². The molecule has 1 atom stereocenters. The predicted molar refractivity (Wildman–Crippen MR) is 70.1 cm³/mol. The van der Waals surface area contributed by atoms with E-state index in [9.17, 15) is 9.59 Å². The summed E-state index contributed by atoms with van der Waals surface area (Å²) in [6.07, 6.45) is 1.52. The fourth-order valence-corrected chi connectivity index (χ4v) is 2.09. The number of amides is 2. The van der Waals surface area contributed by atoms with Gasteiger partial charge in [0.1, 0.15) is 0 Å². The van der Waals surface area contributed by atoms with Gasteiger partial charge in [0, 0.05) is 31.1 Å². The van der Waals surface area contributed by atoms with Crippen molar-refractivity contribution in [2.24, 2.45) is 0 Å². The highest BCUT2D eigenvalue weighted by Crippen LogP contribution is 2.14. The van der Waals surface area contributed by atoms with E-state index in [0.29, 0.717) is 19.4 Å². The van der Waals surface area contributed by atoms with Crippen molar-refractivity contribution in [2.45, 2.75) is 32.2 Å². The molecular weight excluding hydrogens is 228 g/mol. The summed E-state index contributed by atoms with van der Waals surface area (Å²) in [7, 11) is 0. The van der Waals surface area contributed by atoms with Crippen LogP contribution < -0.4 is 5.32 Å². The minimum Gasteiger partial charge on any atom is -0.383 e. The van der Waals surface area contributed by atoms with E-state index < -0.39 is 0 Å². The minimum absolute atomic E-state index is 0.0353. The molecule has 1 unspecified atom stereocenters. The standard InChI is InChI=1S/C14H18N2O2/c1-11(15-12-5-3-2-4-6-12)9-10-16-13(17)7-8-14(16)18/h2-6,11,15H,7-10H2,1H3.